The number of halogens is 1. The molecule has 4 nitrogen and oxygen atoms in total. The van der Waals surface area contributed by atoms with Crippen LogP contribution in [-0.2, 0) is 0 Å². The van der Waals surface area contributed by atoms with Crippen LogP contribution in [0.4, 0.5) is 0 Å². The van der Waals surface area contributed by atoms with Crippen molar-refractivity contribution in [2.24, 2.45) is 16.3 Å². The van der Waals surface area contributed by atoms with Gasteiger partial charge < -0.3 is 5.84 Å². The van der Waals surface area contributed by atoms with E-state index in [4.69, 9.17) is 0 Å². The normalized spacial score (nSPS) is 9.00. The Kier molecular flexibility index (Phi) is 3.87. The molecule has 0 saturated carbocycles. The van der Waals surface area contributed by atoms with Gasteiger partial charge in [-0.3, -0.25) is 0 Å². The van der Waals surface area contributed by atoms with Gasteiger partial charge in [0.1, 0.15) is 0 Å². The molecule has 0 bridgehead atoms. The molecule has 0 rings (SSSR count). The number of nitrogens with two attached hydrogens (primary N) is 1. The first-order valence-corrected chi connectivity index (χ1v) is 1.95. The van der Waals surface area contributed by atoms with Gasteiger partial charge in [0.2, 0.25) is 0 Å². The van der Waals surface area contributed by atoms with Crippen LogP contribution in [0.15, 0.2) is 10.4 Å². The first-order valence-electron chi connectivity index (χ1n) is 0.871. The summed E-state index contributed by atoms with van der Waals surface area (Å²) < 4.78 is 2.32. The van der Waals surface area contributed by atoms with Gasteiger partial charge in [0.25, 0.3) is 0 Å². The van der Waals surface area contributed by atoms with E-state index >= 15 is 0 Å². The Hall–Kier alpha value is -0.0700. The summed E-state index contributed by atoms with van der Waals surface area (Å²) in [6.07, 6.45) is 0. The van der Waals surface area contributed by atoms with Crippen LogP contribution >= 0.6 is 22.9 Å². The number of rotatable bonds is 1. The zero-order valence-electron chi connectivity index (χ0n) is 2.35. The highest BCUT2D eigenvalue weighted by atomic mass is 127. The molecule has 0 fully saturated rings. The zero-order chi connectivity index (χ0) is 4.12. The van der Waals surface area contributed by atoms with Gasteiger partial charge in [-0.05, 0) is 5.22 Å². The predicted molar refractivity (Wildman–Crippen MR) is 26.2 cm³/mol. The Morgan fingerprint density at radius 1 is 1.80 bits per heavy atom. The topological polar surface area (TPSA) is 62.8 Å². The highest BCUT2D eigenvalue weighted by molar-refractivity contribution is 14.1. The molecular formula is H3IN4. The van der Waals surface area contributed by atoms with E-state index in [0.29, 0.717) is 0 Å². The third-order valence-corrected chi connectivity index (χ3v) is 0.311. The first kappa shape index (κ1) is 4.93. The molecule has 0 aromatic heterocycles. The van der Waals surface area contributed by atoms with Crippen LogP contribution in [0, 0.1) is 0 Å². The molecule has 3 N–H and O–H groups in total. The average Bonchev–Trinajstić information content (AvgIpc) is 1.41. The van der Waals surface area contributed by atoms with Crippen LogP contribution in [-0.4, -0.2) is 0 Å². The van der Waals surface area contributed by atoms with E-state index in [9.17, 15) is 0 Å². The van der Waals surface area contributed by atoms with Crippen molar-refractivity contribution in [2.45, 2.75) is 0 Å². The minimum absolute atomic E-state index is 1.80. The third-order valence-electron chi connectivity index (χ3n) is 0.0955. The van der Waals surface area contributed by atoms with Crippen molar-refractivity contribution in [2.75, 3.05) is 0 Å². The molecule has 5 heavy (non-hydrogen) atoms. The number of nitrogens with one attached hydrogen (secondary N) is 1. The molecule has 0 aliphatic carbocycles. The number of nitrogens with zero attached hydrogens (tertiary/aromatic N) is 2. The fraction of sp³-hybridized carbons (Fsp3) is 0. The average molecular weight is 186 g/mol. The molecule has 0 aliphatic heterocycles. The Bertz CT molecular complexity index is 30.6. The van der Waals surface area contributed by atoms with Gasteiger partial charge >= 0.3 is 0 Å². The molecule has 0 aromatic carbocycles. The minimum atomic E-state index is 1.80. The summed E-state index contributed by atoms with van der Waals surface area (Å²) >= 11 is 1.80. The second-order valence-corrected chi connectivity index (χ2v) is 0.782. The van der Waals surface area contributed by atoms with Gasteiger partial charge in [0.05, 0.1) is 22.9 Å². The molecular weight excluding hydrogens is 183 g/mol. The van der Waals surface area contributed by atoms with Crippen LogP contribution < -0.4 is 9.48 Å². The molecule has 0 saturated heterocycles. The summed E-state index contributed by atoms with van der Waals surface area (Å²) in [6, 6.07) is 0. The molecule has 5 heteroatoms. The van der Waals surface area contributed by atoms with E-state index in [2.05, 4.69) is 19.9 Å². The molecule has 0 aromatic rings. The van der Waals surface area contributed by atoms with Crippen LogP contribution in [0.2, 0.25) is 0 Å². The van der Waals surface area contributed by atoms with Crippen LogP contribution in [0.1, 0.15) is 0 Å². The van der Waals surface area contributed by atoms with E-state index in [1.165, 1.54) is 0 Å². The van der Waals surface area contributed by atoms with Crippen molar-refractivity contribution in [1.29, 1.82) is 0 Å². The smallest absolute Gasteiger partial charge is 0.0766 e. The van der Waals surface area contributed by atoms with Gasteiger partial charge in [0, 0.05) is 0 Å². The van der Waals surface area contributed by atoms with Crippen molar-refractivity contribution in [3.8, 4) is 0 Å². The van der Waals surface area contributed by atoms with Gasteiger partial charge in [-0.15, -0.1) is 0 Å². The molecule has 0 atom stereocenters. The van der Waals surface area contributed by atoms with E-state index in [1.807, 2.05) is 0 Å². The second-order valence-electron chi connectivity index (χ2n) is 0.300. The van der Waals surface area contributed by atoms with Crippen molar-refractivity contribution in [3.05, 3.63) is 0 Å². The van der Waals surface area contributed by atoms with Crippen LogP contribution in [0.5, 0.6) is 0 Å². The van der Waals surface area contributed by atoms with Gasteiger partial charge in [-0.25, -0.2) is 3.64 Å². The minimum Gasteiger partial charge on any atom is -0.303 e. The monoisotopic (exact) mass is 186 g/mol. The third kappa shape index (κ3) is 3.93. The molecule has 0 unspecified atom stereocenters. The maximum Gasteiger partial charge on any atom is 0.0766 e. The fourth-order valence-electron chi connectivity index (χ4n) is 0.0218. The van der Waals surface area contributed by atoms with Gasteiger partial charge in [-0.1, -0.05) is 5.22 Å². The fourth-order valence-corrected chi connectivity index (χ4v) is 0.146. The lowest BCUT2D eigenvalue weighted by molar-refractivity contribution is 0.921. The van der Waals surface area contributed by atoms with Gasteiger partial charge in [0.15, 0.2) is 0 Å². The zero-order valence-corrected chi connectivity index (χ0v) is 4.51. The maximum absolute atomic E-state index is 4.53. The number of hydrogen-bond acceptors (Lipinski definition) is 2. The lowest BCUT2D eigenvalue weighted by Gasteiger charge is -1.70. The lowest BCUT2D eigenvalue weighted by atomic mass is 12.6. The molecule has 0 amide bonds. The van der Waals surface area contributed by atoms with Gasteiger partial charge in [-0.2, -0.15) is 0 Å². The largest absolute Gasteiger partial charge is 0.303 e. The summed E-state index contributed by atoms with van der Waals surface area (Å²) in [7, 11) is 0. The SMILES string of the molecule is NN=NNI. The Morgan fingerprint density at radius 2 is 2.40 bits per heavy atom. The first-order chi connectivity index (χ1) is 2.41. The van der Waals surface area contributed by atoms with E-state index < -0.39 is 0 Å². The van der Waals surface area contributed by atoms with E-state index in [-0.39, 0.29) is 0 Å². The summed E-state index contributed by atoms with van der Waals surface area (Å²) in [4.78, 5) is 0. The van der Waals surface area contributed by atoms with E-state index in [0.717, 1.165) is 0 Å². The summed E-state index contributed by atoms with van der Waals surface area (Å²) in [5.74, 6) is 4.53. The highest BCUT2D eigenvalue weighted by Gasteiger charge is 1.48. The Balaban J connectivity index is 2.62. The highest BCUT2D eigenvalue weighted by Crippen LogP contribution is 1.64. The molecule has 0 heterocycles. The summed E-state index contributed by atoms with van der Waals surface area (Å²) in [6.45, 7) is 0. The maximum atomic E-state index is 4.53. The Morgan fingerprint density at radius 3 is 2.40 bits per heavy atom. The van der Waals surface area contributed by atoms with Crippen LogP contribution in [0.3, 0.4) is 0 Å². The molecule has 0 radical (unpaired) electrons. The van der Waals surface area contributed by atoms with Crippen molar-refractivity contribution in [1.82, 2.24) is 3.64 Å². The van der Waals surface area contributed by atoms with E-state index in [1.54, 1.807) is 22.9 Å². The Labute approximate surface area is 43.3 Å². The number of hydrogen-bond donors (Lipinski definition) is 2. The quantitative estimate of drug-likeness (QED) is 0.201. The molecule has 0 spiro atoms. The summed E-state index contributed by atoms with van der Waals surface area (Å²) in [5.41, 5.74) is 0. The van der Waals surface area contributed by atoms with Crippen molar-refractivity contribution in [3.63, 3.8) is 0 Å². The molecule has 0 aliphatic rings. The predicted octanol–water partition coefficient (Wildman–Crippen LogP) is 0.167. The van der Waals surface area contributed by atoms with Crippen LogP contribution in [0.25, 0.3) is 0 Å². The standard InChI is InChI=1S/H3IN4/c1-3-5-4-2/h(H2,2,5)(H,3,4). The second kappa shape index (κ2) is 3.93. The summed E-state index contributed by atoms with van der Waals surface area (Å²) in [5, 5.41) is 5.97. The van der Waals surface area contributed by atoms with Crippen molar-refractivity contribution < 1.29 is 0 Å². The molecule has 30 valence electrons. The lowest BCUT2D eigenvalue weighted by Crippen LogP contribution is -1.82. The van der Waals surface area contributed by atoms with Crippen molar-refractivity contribution >= 4 is 22.9 Å².